The maximum atomic E-state index is 7.82. The van der Waals surface area contributed by atoms with Gasteiger partial charge in [-0.05, 0) is 5.97 Å². The molecule has 0 bridgehead atoms. The Bertz CT molecular complexity index is 45.3. The van der Waals surface area contributed by atoms with Crippen molar-refractivity contribution >= 4 is 7.28 Å². The number of nitriles is 1. The van der Waals surface area contributed by atoms with Gasteiger partial charge in [0.2, 0.25) is 7.28 Å². The summed E-state index contributed by atoms with van der Waals surface area (Å²) in [6.45, 7) is 1.99. The Kier molecular flexibility index (Phi) is 3.24. The van der Waals surface area contributed by atoms with Crippen LogP contribution in [0.25, 0.3) is 0 Å². The highest BCUT2D eigenvalue weighted by atomic mass is 14.2. The Labute approximate surface area is 32.8 Å². The second-order valence-electron chi connectivity index (χ2n) is 0.908. The fourth-order valence-electron chi connectivity index (χ4n) is 0.112. The first-order valence-corrected chi connectivity index (χ1v) is 1.78. The molecule has 0 N–H and O–H groups in total. The van der Waals surface area contributed by atoms with Gasteiger partial charge in [0.1, 0.15) is 0 Å². The largest absolute Gasteiger partial charge is 0.249 e. The lowest BCUT2D eigenvalue weighted by Gasteiger charge is -1.61. The van der Waals surface area contributed by atoms with Crippen LogP contribution in [-0.4, -0.2) is 7.28 Å². The van der Waals surface area contributed by atoms with Crippen molar-refractivity contribution in [2.24, 2.45) is 0 Å². The number of nitrogens with zero attached hydrogens (tertiary/aromatic N) is 1. The molecule has 1 nitrogen and oxygen atoms in total. The Morgan fingerprint density at radius 1 is 2.00 bits per heavy atom. The van der Waals surface area contributed by atoms with E-state index in [2.05, 4.69) is 0 Å². The Morgan fingerprint density at radius 3 is 2.60 bits per heavy atom. The molecule has 0 saturated carbocycles. The highest BCUT2D eigenvalue weighted by molar-refractivity contribution is 6.44. The topological polar surface area (TPSA) is 23.8 Å². The molecule has 0 aromatic rings. The van der Waals surface area contributed by atoms with E-state index in [9.17, 15) is 0 Å². The smallest absolute Gasteiger partial charge is 0.213 e. The van der Waals surface area contributed by atoms with Gasteiger partial charge in [0.05, 0.1) is 0 Å². The van der Waals surface area contributed by atoms with Crippen LogP contribution in [0.1, 0.15) is 6.92 Å². The lowest BCUT2D eigenvalue weighted by molar-refractivity contribution is 1.45. The molecule has 0 unspecified atom stereocenters. The van der Waals surface area contributed by atoms with Crippen LogP contribution in [-0.2, 0) is 0 Å². The van der Waals surface area contributed by atoms with Crippen LogP contribution in [0, 0.1) is 11.2 Å². The second kappa shape index (κ2) is 3.55. The van der Waals surface area contributed by atoms with Crippen molar-refractivity contribution < 1.29 is 0 Å². The summed E-state index contributed by atoms with van der Waals surface area (Å²) in [5.41, 5.74) is 0. The molecule has 0 amide bonds. The molecule has 0 fully saturated rings. The number of hydrogen-bond donors (Lipinski definition) is 0. The zero-order valence-electron chi connectivity index (χ0n) is 3.36. The van der Waals surface area contributed by atoms with Gasteiger partial charge in [-0.2, -0.15) is 0 Å². The number of hydrogen-bond acceptors (Lipinski definition) is 1. The van der Waals surface area contributed by atoms with Gasteiger partial charge in [-0.1, -0.05) is 13.2 Å². The third kappa shape index (κ3) is 3.55. The molecule has 0 aliphatic carbocycles. The minimum absolute atomic E-state index is 0.694. The van der Waals surface area contributed by atoms with Gasteiger partial charge in [-0.15, -0.1) is 0 Å². The molecule has 5 heavy (non-hydrogen) atoms. The first-order valence-electron chi connectivity index (χ1n) is 1.78. The summed E-state index contributed by atoms with van der Waals surface area (Å²) in [6.07, 6.45) is 0.983. The fraction of sp³-hybridized carbons (Fsp3) is 0.667. The molecule has 0 rings (SSSR count). The van der Waals surface area contributed by atoms with Crippen LogP contribution in [0.2, 0.25) is 6.32 Å². The SMILES string of the molecule is CCBC#N. The van der Waals surface area contributed by atoms with E-state index < -0.39 is 0 Å². The van der Waals surface area contributed by atoms with Crippen molar-refractivity contribution in [3.63, 3.8) is 0 Å². The van der Waals surface area contributed by atoms with Crippen LogP contribution in [0.3, 0.4) is 0 Å². The Hall–Kier alpha value is -0.445. The summed E-state index contributed by atoms with van der Waals surface area (Å²) in [5, 5.41) is 7.82. The normalized spacial score (nSPS) is 5.60. The van der Waals surface area contributed by atoms with Crippen molar-refractivity contribution in [1.82, 2.24) is 0 Å². The summed E-state index contributed by atoms with van der Waals surface area (Å²) >= 11 is 0. The summed E-state index contributed by atoms with van der Waals surface area (Å²) in [4.78, 5) is 0. The van der Waals surface area contributed by atoms with Gasteiger partial charge >= 0.3 is 0 Å². The Balaban J connectivity index is 2.48. The van der Waals surface area contributed by atoms with Crippen LogP contribution >= 0.6 is 0 Å². The van der Waals surface area contributed by atoms with Gasteiger partial charge in [0, 0.05) is 0 Å². The standard InChI is InChI=1S/C3H6BN/c1-2-4-3-5/h4H,2H2,1H3. The predicted molar refractivity (Wildman–Crippen MR) is 23.2 cm³/mol. The molecule has 0 aliphatic rings. The molecule has 0 aromatic heterocycles. The van der Waals surface area contributed by atoms with Gasteiger partial charge in [-0.25, -0.2) is 5.26 Å². The molecule has 2 heteroatoms. The highest BCUT2D eigenvalue weighted by Gasteiger charge is 1.72. The Morgan fingerprint density at radius 2 is 2.60 bits per heavy atom. The van der Waals surface area contributed by atoms with Crippen molar-refractivity contribution in [2.75, 3.05) is 0 Å². The fourth-order valence-corrected chi connectivity index (χ4v) is 0.112. The van der Waals surface area contributed by atoms with E-state index in [1.165, 1.54) is 0 Å². The third-order valence-corrected chi connectivity index (χ3v) is 0.362. The molecule has 26 valence electrons. The summed E-state index contributed by atoms with van der Waals surface area (Å²) in [5.74, 6) is 2.02. The van der Waals surface area contributed by atoms with Gasteiger partial charge in [0.25, 0.3) is 0 Å². The maximum absolute atomic E-state index is 7.82. The molecule has 0 saturated heterocycles. The van der Waals surface area contributed by atoms with E-state index in [4.69, 9.17) is 5.26 Å². The van der Waals surface area contributed by atoms with Gasteiger partial charge in [0.15, 0.2) is 0 Å². The molecule has 0 atom stereocenters. The molecular formula is C3H6BN. The van der Waals surface area contributed by atoms with E-state index in [1.807, 2.05) is 12.9 Å². The molecule has 0 spiro atoms. The summed E-state index contributed by atoms with van der Waals surface area (Å²) in [6, 6.07) is 0. The number of rotatable bonds is 1. The molecule has 0 aromatic carbocycles. The van der Waals surface area contributed by atoms with Crippen LogP contribution in [0.4, 0.5) is 0 Å². The summed E-state index contributed by atoms with van der Waals surface area (Å²) < 4.78 is 0. The molecular weight excluding hydrogens is 60.9 g/mol. The van der Waals surface area contributed by atoms with E-state index in [0.29, 0.717) is 7.28 Å². The van der Waals surface area contributed by atoms with E-state index in [1.54, 1.807) is 0 Å². The molecule has 0 aliphatic heterocycles. The molecule has 0 radical (unpaired) electrons. The van der Waals surface area contributed by atoms with Crippen molar-refractivity contribution in [2.45, 2.75) is 13.2 Å². The van der Waals surface area contributed by atoms with Crippen molar-refractivity contribution in [1.29, 1.82) is 5.26 Å². The zero-order valence-corrected chi connectivity index (χ0v) is 3.36. The quantitative estimate of drug-likeness (QED) is 0.405. The third-order valence-electron chi connectivity index (χ3n) is 0.362. The average Bonchev–Trinajstić information content (AvgIpc) is 1.41. The van der Waals surface area contributed by atoms with Gasteiger partial charge in [-0.3, -0.25) is 0 Å². The first kappa shape index (κ1) is 4.55. The van der Waals surface area contributed by atoms with E-state index >= 15 is 0 Å². The monoisotopic (exact) mass is 67.1 g/mol. The van der Waals surface area contributed by atoms with E-state index in [0.717, 1.165) is 6.32 Å². The minimum atomic E-state index is 0.694. The van der Waals surface area contributed by atoms with Crippen molar-refractivity contribution in [3.8, 4) is 5.97 Å². The minimum Gasteiger partial charge on any atom is -0.213 e. The zero-order chi connectivity index (χ0) is 4.12. The van der Waals surface area contributed by atoms with Gasteiger partial charge < -0.3 is 0 Å². The first-order chi connectivity index (χ1) is 2.41. The summed E-state index contributed by atoms with van der Waals surface area (Å²) in [7, 11) is 0.694. The molecule has 0 heterocycles. The highest BCUT2D eigenvalue weighted by Crippen LogP contribution is 1.64. The second-order valence-corrected chi connectivity index (χ2v) is 0.908. The lowest BCUT2D eigenvalue weighted by Crippen LogP contribution is -1.73. The predicted octanol–water partition coefficient (Wildman–Crippen LogP) is 0.342. The average molecular weight is 66.9 g/mol. The lowest BCUT2D eigenvalue weighted by atomic mass is 9.78. The van der Waals surface area contributed by atoms with Crippen molar-refractivity contribution in [3.05, 3.63) is 0 Å². The van der Waals surface area contributed by atoms with E-state index in [-0.39, 0.29) is 0 Å². The van der Waals surface area contributed by atoms with Crippen LogP contribution in [0.15, 0.2) is 0 Å². The maximum Gasteiger partial charge on any atom is 0.249 e. The van der Waals surface area contributed by atoms with Crippen LogP contribution < -0.4 is 0 Å². The van der Waals surface area contributed by atoms with Crippen LogP contribution in [0.5, 0.6) is 0 Å².